The third kappa shape index (κ3) is 2.57. The molecule has 1 rings (SSSR count). The molecular formula is C12H20N2O2. The van der Waals surface area contributed by atoms with Gasteiger partial charge in [0.2, 0.25) is 0 Å². The van der Waals surface area contributed by atoms with E-state index < -0.39 is 0 Å². The molecule has 2 N–H and O–H groups in total. The molecule has 16 heavy (non-hydrogen) atoms. The lowest BCUT2D eigenvalue weighted by Gasteiger charge is -2.23. The lowest BCUT2D eigenvalue weighted by atomic mass is 9.89. The largest absolute Gasteiger partial charge is 0.395 e. The average molecular weight is 224 g/mol. The number of aliphatic hydroxyl groups excluding tert-OH is 2. The molecule has 1 aromatic heterocycles. The van der Waals surface area contributed by atoms with E-state index in [1.165, 1.54) is 0 Å². The summed E-state index contributed by atoms with van der Waals surface area (Å²) in [4.78, 5) is 8.60. The summed E-state index contributed by atoms with van der Waals surface area (Å²) >= 11 is 0. The van der Waals surface area contributed by atoms with Gasteiger partial charge in [-0.15, -0.1) is 0 Å². The highest BCUT2D eigenvalue weighted by atomic mass is 16.3. The maximum absolute atomic E-state index is 9.22. The molecule has 0 aliphatic heterocycles. The van der Waals surface area contributed by atoms with Crippen molar-refractivity contribution in [2.24, 2.45) is 0 Å². The van der Waals surface area contributed by atoms with Crippen molar-refractivity contribution in [3.05, 3.63) is 23.8 Å². The first kappa shape index (κ1) is 13.1. The van der Waals surface area contributed by atoms with Crippen molar-refractivity contribution in [1.82, 2.24) is 9.97 Å². The molecule has 0 bridgehead atoms. The van der Waals surface area contributed by atoms with Crippen molar-refractivity contribution in [1.29, 1.82) is 0 Å². The summed E-state index contributed by atoms with van der Waals surface area (Å²) in [5, 5.41) is 18.4. The van der Waals surface area contributed by atoms with E-state index in [0.717, 1.165) is 11.4 Å². The topological polar surface area (TPSA) is 66.2 Å². The van der Waals surface area contributed by atoms with E-state index in [0.29, 0.717) is 0 Å². The van der Waals surface area contributed by atoms with Crippen molar-refractivity contribution in [3.8, 4) is 0 Å². The lowest BCUT2D eigenvalue weighted by molar-refractivity contribution is 0.210. The third-order valence-corrected chi connectivity index (χ3v) is 2.83. The van der Waals surface area contributed by atoms with Crippen LogP contribution in [0.25, 0.3) is 0 Å². The van der Waals surface area contributed by atoms with Gasteiger partial charge in [0.25, 0.3) is 0 Å². The van der Waals surface area contributed by atoms with Crippen molar-refractivity contribution >= 4 is 0 Å². The van der Waals surface area contributed by atoms with Crippen LogP contribution in [0.1, 0.15) is 39.1 Å². The summed E-state index contributed by atoms with van der Waals surface area (Å²) in [5.74, 6) is 0. The Morgan fingerprint density at radius 2 is 1.19 bits per heavy atom. The van der Waals surface area contributed by atoms with Crippen LogP contribution < -0.4 is 0 Å². The normalized spacial score (nSPS) is 12.9. The second-order valence-electron chi connectivity index (χ2n) is 5.37. The number of rotatable bonds is 4. The van der Waals surface area contributed by atoms with Crippen LogP contribution in [0.15, 0.2) is 12.4 Å². The smallest absolute Gasteiger partial charge is 0.0665 e. The highest BCUT2D eigenvalue weighted by molar-refractivity contribution is 5.16. The van der Waals surface area contributed by atoms with Gasteiger partial charge in [-0.25, -0.2) is 0 Å². The number of aliphatic hydroxyl groups is 2. The lowest BCUT2D eigenvalue weighted by Crippen LogP contribution is -2.27. The van der Waals surface area contributed by atoms with Gasteiger partial charge in [-0.1, -0.05) is 27.7 Å². The Hall–Kier alpha value is -1.00. The second-order valence-corrected chi connectivity index (χ2v) is 5.37. The van der Waals surface area contributed by atoms with Gasteiger partial charge in [0, 0.05) is 23.2 Å². The summed E-state index contributed by atoms with van der Waals surface area (Å²) in [6, 6.07) is 0. The van der Waals surface area contributed by atoms with Gasteiger partial charge in [-0.3, -0.25) is 9.97 Å². The van der Waals surface area contributed by atoms with Crippen LogP contribution in [0, 0.1) is 0 Å². The van der Waals surface area contributed by atoms with Crippen molar-refractivity contribution < 1.29 is 10.2 Å². The monoisotopic (exact) mass is 224 g/mol. The van der Waals surface area contributed by atoms with Crippen LogP contribution in [0.4, 0.5) is 0 Å². The summed E-state index contributed by atoms with van der Waals surface area (Å²) in [6.45, 7) is 7.71. The summed E-state index contributed by atoms with van der Waals surface area (Å²) in [7, 11) is 0. The number of hydrogen-bond acceptors (Lipinski definition) is 4. The molecule has 4 heteroatoms. The SMILES string of the molecule is CC(C)(CO)c1cnc(C(C)(C)CO)cn1. The van der Waals surface area contributed by atoms with Gasteiger partial charge in [-0.05, 0) is 0 Å². The van der Waals surface area contributed by atoms with Crippen LogP contribution in [0.2, 0.25) is 0 Å². The zero-order chi connectivity index (χ0) is 12.4. The first-order chi connectivity index (χ1) is 7.33. The van der Waals surface area contributed by atoms with Crippen LogP contribution in [0.5, 0.6) is 0 Å². The molecule has 0 radical (unpaired) electrons. The molecule has 0 atom stereocenters. The molecule has 0 spiro atoms. The fourth-order valence-electron chi connectivity index (χ4n) is 1.19. The Morgan fingerprint density at radius 3 is 1.38 bits per heavy atom. The number of hydrogen-bond donors (Lipinski definition) is 2. The Bertz CT molecular complexity index is 310. The summed E-state index contributed by atoms with van der Waals surface area (Å²) in [6.07, 6.45) is 3.34. The van der Waals surface area contributed by atoms with Crippen LogP contribution in [0.3, 0.4) is 0 Å². The van der Waals surface area contributed by atoms with Gasteiger partial charge in [-0.2, -0.15) is 0 Å². The Morgan fingerprint density at radius 1 is 0.875 bits per heavy atom. The minimum absolute atomic E-state index is 0.0322. The molecular weight excluding hydrogens is 204 g/mol. The molecule has 1 aromatic rings. The molecule has 0 saturated heterocycles. The fourth-order valence-corrected chi connectivity index (χ4v) is 1.19. The number of aromatic nitrogens is 2. The standard InChI is InChI=1S/C12H20N2O2/c1-11(2,7-15)9-5-14-10(6-13-9)12(3,4)8-16/h5-6,15-16H,7-8H2,1-4H3. The van der Waals surface area contributed by atoms with Crippen molar-refractivity contribution in [2.75, 3.05) is 13.2 Å². The Kier molecular flexibility index (Phi) is 3.65. The van der Waals surface area contributed by atoms with E-state index in [-0.39, 0.29) is 24.0 Å². The minimum Gasteiger partial charge on any atom is -0.395 e. The summed E-state index contributed by atoms with van der Waals surface area (Å²) in [5.41, 5.74) is 0.754. The van der Waals surface area contributed by atoms with Gasteiger partial charge >= 0.3 is 0 Å². The van der Waals surface area contributed by atoms with E-state index in [4.69, 9.17) is 0 Å². The van der Waals surface area contributed by atoms with Gasteiger partial charge in [0.05, 0.1) is 24.6 Å². The zero-order valence-corrected chi connectivity index (χ0v) is 10.4. The van der Waals surface area contributed by atoms with Crippen molar-refractivity contribution in [3.63, 3.8) is 0 Å². The molecule has 4 nitrogen and oxygen atoms in total. The van der Waals surface area contributed by atoms with E-state index in [1.807, 2.05) is 27.7 Å². The molecule has 0 aliphatic rings. The van der Waals surface area contributed by atoms with Crippen molar-refractivity contribution in [2.45, 2.75) is 38.5 Å². The Labute approximate surface area is 96.4 Å². The summed E-state index contributed by atoms with van der Waals surface area (Å²) < 4.78 is 0. The van der Waals surface area contributed by atoms with Crippen LogP contribution in [-0.2, 0) is 10.8 Å². The Balaban J connectivity index is 3.00. The molecule has 0 aliphatic carbocycles. The quantitative estimate of drug-likeness (QED) is 0.801. The highest BCUT2D eigenvalue weighted by Gasteiger charge is 2.25. The predicted molar refractivity (Wildman–Crippen MR) is 62.3 cm³/mol. The molecule has 0 unspecified atom stereocenters. The molecule has 90 valence electrons. The van der Waals surface area contributed by atoms with Gasteiger partial charge in [0.1, 0.15) is 0 Å². The third-order valence-electron chi connectivity index (χ3n) is 2.83. The minimum atomic E-state index is -0.380. The molecule has 0 aromatic carbocycles. The van der Waals surface area contributed by atoms with Gasteiger partial charge < -0.3 is 10.2 Å². The fraction of sp³-hybridized carbons (Fsp3) is 0.667. The predicted octanol–water partition coefficient (Wildman–Crippen LogP) is 1.02. The number of nitrogens with zero attached hydrogens (tertiary/aromatic N) is 2. The molecule has 0 amide bonds. The maximum Gasteiger partial charge on any atom is 0.0665 e. The second kappa shape index (κ2) is 4.47. The average Bonchev–Trinajstić information content (AvgIpc) is 2.29. The highest BCUT2D eigenvalue weighted by Crippen LogP contribution is 2.23. The van der Waals surface area contributed by atoms with Crippen LogP contribution in [-0.4, -0.2) is 33.4 Å². The van der Waals surface area contributed by atoms with E-state index in [9.17, 15) is 10.2 Å². The van der Waals surface area contributed by atoms with E-state index >= 15 is 0 Å². The first-order valence-electron chi connectivity index (χ1n) is 5.38. The molecule has 1 heterocycles. The van der Waals surface area contributed by atoms with Gasteiger partial charge in [0.15, 0.2) is 0 Å². The maximum atomic E-state index is 9.22. The molecule has 0 saturated carbocycles. The first-order valence-corrected chi connectivity index (χ1v) is 5.38. The zero-order valence-electron chi connectivity index (χ0n) is 10.4. The molecule has 0 fully saturated rings. The van der Waals surface area contributed by atoms with Crippen LogP contribution >= 0.6 is 0 Å². The van der Waals surface area contributed by atoms with E-state index in [1.54, 1.807) is 12.4 Å². The van der Waals surface area contributed by atoms with E-state index in [2.05, 4.69) is 9.97 Å².